The molecule has 0 saturated heterocycles. The lowest BCUT2D eigenvalue weighted by Gasteiger charge is -2.31. The Kier molecular flexibility index (Phi) is 4.04. The van der Waals surface area contributed by atoms with Crippen LogP contribution in [0.15, 0.2) is 35.6 Å². The predicted molar refractivity (Wildman–Crippen MR) is 77.2 cm³/mol. The third-order valence-electron chi connectivity index (χ3n) is 3.96. The third-order valence-corrected chi connectivity index (χ3v) is 3.96. The van der Waals surface area contributed by atoms with E-state index < -0.39 is 12.1 Å². The van der Waals surface area contributed by atoms with E-state index in [-0.39, 0.29) is 11.9 Å². The van der Waals surface area contributed by atoms with E-state index in [2.05, 4.69) is 20.3 Å². The van der Waals surface area contributed by atoms with Gasteiger partial charge in [0.2, 0.25) is 0 Å². The van der Waals surface area contributed by atoms with E-state index in [0.717, 1.165) is 12.8 Å². The van der Waals surface area contributed by atoms with E-state index in [1.165, 1.54) is 12.1 Å². The molecular formula is C14H15FN6O. The van der Waals surface area contributed by atoms with Gasteiger partial charge in [-0.1, -0.05) is 28.9 Å². The number of aliphatic hydroxyl groups is 1. The zero-order valence-electron chi connectivity index (χ0n) is 11.7. The first kappa shape index (κ1) is 14.5. The molecule has 1 aliphatic rings. The van der Waals surface area contributed by atoms with Gasteiger partial charge in [0, 0.05) is 10.5 Å². The molecule has 1 aromatic carbocycles. The lowest BCUT2D eigenvalue weighted by atomic mass is 9.89. The number of hydrogen-bond acceptors (Lipinski definition) is 4. The molecule has 1 aromatic heterocycles. The molecule has 1 unspecified atom stereocenters. The van der Waals surface area contributed by atoms with E-state index in [0.29, 0.717) is 17.7 Å². The van der Waals surface area contributed by atoms with Crippen LogP contribution in [0, 0.1) is 5.82 Å². The summed E-state index contributed by atoms with van der Waals surface area (Å²) < 4.78 is 14.8. The maximum atomic E-state index is 13.3. The Labute approximate surface area is 126 Å². The Bertz CT molecular complexity index is 711. The fourth-order valence-electron chi connectivity index (χ4n) is 2.83. The minimum absolute atomic E-state index is 0.293. The summed E-state index contributed by atoms with van der Waals surface area (Å²) in [5.74, 6) is -0.340. The summed E-state index contributed by atoms with van der Waals surface area (Å²) in [6, 6.07) is 5.36. The summed E-state index contributed by atoms with van der Waals surface area (Å²) in [6.45, 7) is 0. The van der Waals surface area contributed by atoms with E-state index in [4.69, 9.17) is 5.53 Å². The zero-order valence-corrected chi connectivity index (χ0v) is 11.7. The molecule has 0 radical (unpaired) electrons. The number of aliphatic hydroxyl groups excluding tert-OH is 1. The van der Waals surface area contributed by atoms with Gasteiger partial charge in [-0.25, -0.2) is 9.07 Å². The summed E-state index contributed by atoms with van der Waals surface area (Å²) in [7, 11) is 0. The quantitative estimate of drug-likeness (QED) is 0.536. The summed E-state index contributed by atoms with van der Waals surface area (Å²) >= 11 is 0. The normalized spacial score (nSPS) is 24.7. The van der Waals surface area contributed by atoms with Gasteiger partial charge in [-0.05, 0) is 30.5 Å². The summed E-state index contributed by atoms with van der Waals surface area (Å²) in [6.07, 6.45) is 3.10. The Balaban J connectivity index is 1.85. The summed E-state index contributed by atoms with van der Waals surface area (Å²) in [4.78, 5) is 2.78. The molecule has 0 spiro atoms. The standard InChI is InChI=1S/C14H15FN6O/c15-10-4-1-3-9(7-10)12-8-21(20-18-12)13-6-2-5-11(14(13)22)17-19-16/h1,3-4,7-8,11,13-14,22H,2,5-6H2/t11?,13-,14-/m0/s1. The van der Waals surface area contributed by atoms with Gasteiger partial charge < -0.3 is 5.11 Å². The fraction of sp³-hybridized carbons (Fsp3) is 0.429. The largest absolute Gasteiger partial charge is 0.390 e. The van der Waals surface area contributed by atoms with Crippen LogP contribution in [0.3, 0.4) is 0 Å². The van der Waals surface area contributed by atoms with Crippen LogP contribution in [-0.4, -0.2) is 32.2 Å². The van der Waals surface area contributed by atoms with Crippen molar-refractivity contribution in [2.75, 3.05) is 0 Å². The Morgan fingerprint density at radius 1 is 1.41 bits per heavy atom. The smallest absolute Gasteiger partial charge is 0.123 e. The summed E-state index contributed by atoms with van der Waals surface area (Å²) in [5.41, 5.74) is 9.72. The highest BCUT2D eigenvalue weighted by atomic mass is 19.1. The molecular weight excluding hydrogens is 287 g/mol. The van der Waals surface area contributed by atoms with Crippen LogP contribution in [0.25, 0.3) is 21.7 Å². The van der Waals surface area contributed by atoms with Crippen molar-refractivity contribution in [3.05, 3.63) is 46.7 Å². The first-order valence-electron chi connectivity index (χ1n) is 7.09. The minimum Gasteiger partial charge on any atom is -0.390 e. The van der Waals surface area contributed by atoms with E-state index >= 15 is 0 Å². The van der Waals surface area contributed by atoms with Crippen LogP contribution in [0.4, 0.5) is 4.39 Å². The van der Waals surface area contributed by atoms with E-state index in [1.807, 2.05) is 0 Å². The van der Waals surface area contributed by atoms with Gasteiger partial charge in [-0.3, -0.25) is 0 Å². The summed E-state index contributed by atoms with van der Waals surface area (Å²) in [5, 5.41) is 22.0. The number of halogens is 1. The Morgan fingerprint density at radius 2 is 2.27 bits per heavy atom. The number of nitrogens with zero attached hydrogens (tertiary/aromatic N) is 6. The van der Waals surface area contributed by atoms with Crippen molar-refractivity contribution in [2.45, 2.75) is 37.5 Å². The Morgan fingerprint density at radius 3 is 3.05 bits per heavy atom. The molecule has 7 nitrogen and oxygen atoms in total. The van der Waals surface area contributed by atoms with Crippen molar-refractivity contribution in [2.24, 2.45) is 5.11 Å². The number of azide groups is 1. The van der Waals surface area contributed by atoms with Crippen LogP contribution in [0.2, 0.25) is 0 Å². The molecule has 8 heteroatoms. The van der Waals surface area contributed by atoms with Crippen LogP contribution < -0.4 is 0 Å². The monoisotopic (exact) mass is 302 g/mol. The molecule has 0 aliphatic heterocycles. The van der Waals surface area contributed by atoms with Gasteiger partial charge in [-0.15, -0.1) is 5.10 Å². The van der Waals surface area contributed by atoms with Gasteiger partial charge in [-0.2, -0.15) is 0 Å². The topological polar surface area (TPSA) is 99.7 Å². The number of rotatable bonds is 3. The van der Waals surface area contributed by atoms with Crippen LogP contribution >= 0.6 is 0 Å². The average Bonchev–Trinajstić information content (AvgIpc) is 2.99. The van der Waals surface area contributed by atoms with E-state index in [1.54, 1.807) is 23.0 Å². The molecule has 3 atom stereocenters. The second-order valence-corrected chi connectivity index (χ2v) is 5.36. The van der Waals surface area contributed by atoms with Crippen LogP contribution in [0.1, 0.15) is 25.3 Å². The van der Waals surface area contributed by atoms with Crippen molar-refractivity contribution in [1.82, 2.24) is 15.0 Å². The first-order valence-corrected chi connectivity index (χ1v) is 7.09. The zero-order chi connectivity index (χ0) is 15.5. The maximum absolute atomic E-state index is 13.3. The molecule has 114 valence electrons. The SMILES string of the molecule is [N-]=[N+]=NC1CCC[C@H](n2cc(-c3cccc(F)c3)nn2)[C@H]1O. The fourth-order valence-corrected chi connectivity index (χ4v) is 2.83. The molecule has 0 amide bonds. The second-order valence-electron chi connectivity index (χ2n) is 5.36. The van der Waals surface area contributed by atoms with Crippen molar-refractivity contribution >= 4 is 0 Å². The number of aromatic nitrogens is 3. The van der Waals surface area contributed by atoms with Gasteiger partial charge in [0.25, 0.3) is 0 Å². The highest BCUT2D eigenvalue weighted by Gasteiger charge is 2.33. The van der Waals surface area contributed by atoms with Gasteiger partial charge in [0.1, 0.15) is 11.5 Å². The van der Waals surface area contributed by atoms with Crippen molar-refractivity contribution < 1.29 is 9.50 Å². The molecule has 0 bridgehead atoms. The predicted octanol–water partition coefficient (Wildman–Crippen LogP) is 2.85. The lowest BCUT2D eigenvalue weighted by molar-refractivity contribution is 0.0508. The van der Waals surface area contributed by atoms with Crippen LogP contribution in [0.5, 0.6) is 0 Å². The first-order chi connectivity index (χ1) is 10.7. The molecule has 3 rings (SSSR count). The van der Waals surface area contributed by atoms with Crippen molar-refractivity contribution in [1.29, 1.82) is 0 Å². The molecule has 1 N–H and O–H groups in total. The highest BCUT2D eigenvalue weighted by molar-refractivity contribution is 5.57. The van der Waals surface area contributed by atoms with Gasteiger partial charge >= 0.3 is 0 Å². The molecule has 2 aromatic rings. The minimum atomic E-state index is -0.799. The van der Waals surface area contributed by atoms with Gasteiger partial charge in [0.15, 0.2) is 0 Å². The van der Waals surface area contributed by atoms with Gasteiger partial charge in [0.05, 0.1) is 24.4 Å². The highest BCUT2D eigenvalue weighted by Crippen LogP contribution is 2.31. The van der Waals surface area contributed by atoms with Crippen molar-refractivity contribution in [3.63, 3.8) is 0 Å². The third kappa shape index (κ3) is 2.79. The maximum Gasteiger partial charge on any atom is 0.123 e. The molecule has 22 heavy (non-hydrogen) atoms. The number of benzene rings is 1. The molecule has 1 aliphatic carbocycles. The Hall–Kier alpha value is -2.44. The van der Waals surface area contributed by atoms with Crippen LogP contribution in [-0.2, 0) is 0 Å². The lowest BCUT2D eigenvalue weighted by Crippen LogP contribution is -2.37. The average molecular weight is 302 g/mol. The second kappa shape index (κ2) is 6.13. The van der Waals surface area contributed by atoms with E-state index in [9.17, 15) is 9.50 Å². The molecule has 1 saturated carbocycles. The molecule has 1 heterocycles. The molecule has 1 fully saturated rings. The number of hydrogen-bond donors (Lipinski definition) is 1. The van der Waals surface area contributed by atoms with Crippen molar-refractivity contribution in [3.8, 4) is 11.3 Å².